The van der Waals surface area contributed by atoms with E-state index in [0.29, 0.717) is 17.3 Å². The highest BCUT2D eigenvalue weighted by molar-refractivity contribution is 7.22. The van der Waals surface area contributed by atoms with E-state index < -0.39 is 0 Å². The zero-order valence-electron chi connectivity index (χ0n) is 17.6. The number of halogens is 2. The van der Waals surface area contributed by atoms with E-state index in [4.69, 9.17) is 9.47 Å². The van der Waals surface area contributed by atoms with Crippen LogP contribution in [0.25, 0.3) is 10.2 Å². The van der Waals surface area contributed by atoms with Crippen molar-refractivity contribution in [3.8, 4) is 5.75 Å². The molecule has 4 rings (SSSR count). The van der Waals surface area contributed by atoms with Crippen molar-refractivity contribution in [3.63, 3.8) is 0 Å². The third kappa shape index (κ3) is 6.50. The molecule has 0 saturated heterocycles. The molecule has 1 amide bonds. The number of fused-ring (bicyclic) bond motifs is 1. The number of nitrogens with zero attached hydrogens (tertiary/aromatic N) is 1. The van der Waals surface area contributed by atoms with Gasteiger partial charge in [0.15, 0.2) is 19.1 Å². The predicted molar refractivity (Wildman–Crippen MR) is 120 cm³/mol. The molecule has 3 aromatic carbocycles. The topological polar surface area (TPSA) is 60.5 Å². The van der Waals surface area contributed by atoms with Crippen molar-refractivity contribution in [2.45, 2.75) is 13.8 Å². The van der Waals surface area contributed by atoms with Gasteiger partial charge in [-0.05, 0) is 68.4 Å². The van der Waals surface area contributed by atoms with Crippen LogP contribution in [0.3, 0.4) is 0 Å². The highest BCUT2D eigenvalue weighted by Gasteiger charge is 2.17. The average Bonchev–Trinajstić information content (AvgIpc) is 3.17. The highest BCUT2D eigenvalue weighted by atomic mass is 127. The normalized spacial score (nSPS) is 10.6. The molecule has 0 bridgehead atoms. The Hall–Kier alpha value is -2.01. The summed E-state index contributed by atoms with van der Waals surface area (Å²) in [5.41, 5.74) is 2.71. The number of hydrogen-bond donors (Lipinski definition) is 1. The van der Waals surface area contributed by atoms with Crippen LogP contribution in [-0.2, 0) is 4.74 Å². The van der Waals surface area contributed by atoms with E-state index in [1.54, 1.807) is 0 Å². The standard InChI is InChI=1S/C24H21IN2O3S.BrH/c1-3-29-15-30-20-12-13-21-22(14-20)31-24(26-21)27-23(28)17-6-10-19(11-7-17)25-18-8-4-16(2)5-9-18;/h4-14H,3,15H2,1-2H3;1H. The van der Waals surface area contributed by atoms with Crippen molar-refractivity contribution in [2.75, 3.05) is 18.7 Å². The first-order valence-corrected chi connectivity index (χ1v) is 12.8. The van der Waals surface area contributed by atoms with Crippen molar-refractivity contribution in [2.24, 2.45) is 0 Å². The van der Waals surface area contributed by atoms with E-state index in [2.05, 4.69) is 41.5 Å². The number of carbonyl (C=O) groups is 1. The first-order chi connectivity index (χ1) is 15.1. The van der Waals surface area contributed by atoms with Gasteiger partial charge in [0.05, 0.1) is 10.2 Å². The lowest BCUT2D eigenvalue weighted by atomic mass is 10.2. The van der Waals surface area contributed by atoms with Gasteiger partial charge in [-0.3, -0.25) is 10.1 Å². The summed E-state index contributed by atoms with van der Waals surface area (Å²) >= 11 is 1.17. The Bertz CT molecular complexity index is 1180. The van der Waals surface area contributed by atoms with E-state index in [0.717, 1.165) is 16.0 Å². The van der Waals surface area contributed by atoms with Crippen LogP contribution < -0.4 is 48.2 Å². The van der Waals surface area contributed by atoms with Crippen LogP contribution in [0.5, 0.6) is 5.75 Å². The summed E-state index contributed by atoms with van der Waals surface area (Å²) in [4.78, 5) is 17.2. The minimum atomic E-state index is -0.252. The van der Waals surface area contributed by atoms with Crippen molar-refractivity contribution < 1.29 is 52.5 Å². The number of rotatable bonds is 8. The molecule has 166 valence electrons. The van der Waals surface area contributed by atoms with E-state index in [-0.39, 0.29) is 50.9 Å². The monoisotopic (exact) mass is 624 g/mol. The molecule has 0 radical (unpaired) electrons. The fraction of sp³-hybridized carbons (Fsp3) is 0.167. The van der Waals surface area contributed by atoms with Gasteiger partial charge in [0, 0.05) is 12.2 Å². The minimum absolute atomic E-state index is 0. The van der Waals surface area contributed by atoms with E-state index in [9.17, 15) is 4.79 Å². The molecule has 8 heteroatoms. The van der Waals surface area contributed by atoms with Crippen LogP contribution in [0.2, 0.25) is 0 Å². The summed E-state index contributed by atoms with van der Waals surface area (Å²) in [5, 5.41) is 3.47. The third-order valence-corrected chi connectivity index (χ3v) is 8.05. The Morgan fingerprint density at radius 3 is 2.41 bits per heavy atom. The average molecular weight is 625 g/mol. The van der Waals surface area contributed by atoms with Crippen LogP contribution in [0.4, 0.5) is 5.13 Å². The summed E-state index contributed by atoms with van der Waals surface area (Å²) in [5.74, 6) is 0.557. The maximum Gasteiger partial charge on any atom is 0.357 e. The Balaban J connectivity index is 0.00000289. The van der Waals surface area contributed by atoms with E-state index in [1.807, 2.05) is 49.4 Å². The van der Waals surface area contributed by atoms with E-state index >= 15 is 0 Å². The quantitative estimate of drug-likeness (QED) is 0.161. The van der Waals surface area contributed by atoms with Gasteiger partial charge in [-0.2, -0.15) is 0 Å². The van der Waals surface area contributed by atoms with Gasteiger partial charge < -0.3 is 26.5 Å². The highest BCUT2D eigenvalue weighted by Crippen LogP contribution is 2.29. The van der Waals surface area contributed by atoms with Crippen LogP contribution in [0, 0.1) is 14.1 Å². The van der Waals surface area contributed by atoms with Gasteiger partial charge in [-0.15, -0.1) is 0 Å². The molecule has 0 unspecified atom stereocenters. The molecule has 1 aromatic heterocycles. The second-order valence-corrected chi connectivity index (χ2v) is 10.8. The fourth-order valence-corrected chi connectivity index (χ4v) is 5.84. The second-order valence-electron chi connectivity index (χ2n) is 6.75. The number of benzene rings is 3. The summed E-state index contributed by atoms with van der Waals surface area (Å²) in [6.45, 7) is 4.83. The second kappa shape index (κ2) is 11.7. The van der Waals surface area contributed by atoms with Crippen molar-refractivity contribution in [3.05, 3.63) is 85.0 Å². The molecule has 0 saturated carbocycles. The first-order valence-electron chi connectivity index (χ1n) is 9.85. The Morgan fingerprint density at radius 2 is 1.72 bits per heavy atom. The number of hydrogen-bond acceptors (Lipinski definition) is 5. The summed E-state index contributed by atoms with van der Waals surface area (Å²) in [7, 11) is 0. The number of amides is 1. The zero-order chi connectivity index (χ0) is 21.6. The maximum atomic E-state index is 12.7. The van der Waals surface area contributed by atoms with Crippen molar-refractivity contribution in [1.82, 2.24) is 4.98 Å². The summed E-state index contributed by atoms with van der Waals surface area (Å²) in [6.07, 6.45) is 0. The molecule has 0 aliphatic heterocycles. The number of carbonyl (C=O) groups excluding carboxylic acids is 1. The largest absolute Gasteiger partial charge is 1.00 e. The molecule has 0 spiro atoms. The molecule has 0 fully saturated rings. The number of aromatic nitrogens is 1. The molecule has 0 aliphatic rings. The predicted octanol–water partition coefficient (Wildman–Crippen LogP) is -0.638. The van der Waals surface area contributed by atoms with Crippen LogP contribution in [0.15, 0.2) is 66.7 Å². The molecular weight excluding hydrogens is 603 g/mol. The zero-order valence-corrected chi connectivity index (χ0v) is 22.2. The lowest BCUT2D eigenvalue weighted by Gasteiger charge is -2.04. The molecule has 5 nitrogen and oxygen atoms in total. The number of aryl methyl sites for hydroxylation is 1. The third-order valence-electron chi connectivity index (χ3n) is 4.43. The molecule has 0 aliphatic carbocycles. The van der Waals surface area contributed by atoms with Crippen LogP contribution in [-0.4, -0.2) is 24.3 Å². The van der Waals surface area contributed by atoms with Gasteiger partial charge >= 0.3 is 21.2 Å². The molecule has 1 heterocycles. The van der Waals surface area contributed by atoms with Crippen LogP contribution >= 0.6 is 11.3 Å². The van der Waals surface area contributed by atoms with E-state index in [1.165, 1.54) is 24.0 Å². The molecular formula is C24H22BrIN2O3S. The first kappa shape index (κ1) is 24.6. The number of nitrogens with one attached hydrogen (secondary N) is 1. The SMILES string of the molecule is CCOCOc1ccc2nc(NC(=O)c3ccc([I+]c4ccc(C)cc4)cc3)sc2c1.[Br-]. The molecule has 4 aromatic rings. The number of anilines is 1. The fourth-order valence-electron chi connectivity index (χ4n) is 2.80. The van der Waals surface area contributed by atoms with Gasteiger partial charge in [0.25, 0.3) is 5.91 Å². The molecule has 0 atom stereocenters. The number of ether oxygens (including phenoxy) is 2. The Kier molecular flexibility index (Phi) is 9.03. The van der Waals surface area contributed by atoms with Gasteiger partial charge in [0.2, 0.25) is 0 Å². The number of thiazole rings is 1. The van der Waals surface area contributed by atoms with Crippen molar-refractivity contribution >= 4 is 32.6 Å². The smallest absolute Gasteiger partial charge is 0.357 e. The Morgan fingerprint density at radius 1 is 1.03 bits per heavy atom. The Labute approximate surface area is 212 Å². The summed E-state index contributed by atoms with van der Waals surface area (Å²) < 4.78 is 14.3. The van der Waals surface area contributed by atoms with Gasteiger partial charge in [-0.1, -0.05) is 29.0 Å². The molecule has 1 N–H and O–H groups in total. The lowest BCUT2D eigenvalue weighted by molar-refractivity contribution is -0.597. The van der Waals surface area contributed by atoms with Crippen LogP contribution in [0.1, 0.15) is 22.8 Å². The summed E-state index contributed by atoms with van der Waals surface area (Å²) in [6, 6.07) is 22.1. The maximum absolute atomic E-state index is 12.7. The van der Waals surface area contributed by atoms with Crippen molar-refractivity contribution in [1.29, 1.82) is 0 Å². The van der Waals surface area contributed by atoms with Gasteiger partial charge in [-0.25, -0.2) is 4.98 Å². The molecule has 32 heavy (non-hydrogen) atoms. The lowest BCUT2D eigenvalue weighted by Crippen LogP contribution is -3.61. The minimum Gasteiger partial charge on any atom is -1.00 e. The van der Waals surface area contributed by atoms with Gasteiger partial charge in [0.1, 0.15) is 5.75 Å².